The normalized spacial score (nSPS) is 17.3. The van der Waals surface area contributed by atoms with Gasteiger partial charge in [-0.2, -0.15) is 0 Å². The highest BCUT2D eigenvalue weighted by Crippen LogP contribution is 2.30. The van der Waals surface area contributed by atoms with E-state index in [0.29, 0.717) is 6.54 Å². The van der Waals surface area contributed by atoms with E-state index in [2.05, 4.69) is 53.6 Å². The van der Waals surface area contributed by atoms with Gasteiger partial charge >= 0.3 is 0 Å². The van der Waals surface area contributed by atoms with Gasteiger partial charge in [-0.15, -0.1) is 0 Å². The fourth-order valence-corrected chi connectivity index (χ4v) is 3.95. The Bertz CT molecular complexity index is 784. The van der Waals surface area contributed by atoms with E-state index in [-0.39, 0.29) is 11.9 Å². The summed E-state index contributed by atoms with van der Waals surface area (Å²) in [6.07, 6.45) is 1.81. The zero-order valence-corrected chi connectivity index (χ0v) is 17.1. The number of hydrogen-bond donors (Lipinski definition) is 2. The molecule has 0 saturated carbocycles. The maximum Gasteiger partial charge on any atom is 0.238 e. The molecule has 0 aromatic heterocycles. The Balaban J connectivity index is 1.77. The van der Waals surface area contributed by atoms with Crippen molar-refractivity contribution in [3.8, 4) is 5.75 Å². The number of nitrogens with one attached hydrogen (secondary N) is 2. The number of carbonyl (C=O) groups excluding carboxylic acids is 1. The predicted octanol–water partition coefficient (Wildman–Crippen LogP) is 3.41. The third-order valence-electron chi connectivity index (χ3n) is 5.46. The lowest BCUT2D eigenvalue weighted by atomic mass is 10.0. The van der Waals surface area contributed by atoms with Crippen LogP contribution >= 0.6 is 0 Å². The van der Waals surface area contributed by atoms with E-state index < -0.39 is 0 Å². The average molecular weight is 382 g/mol. The number of hydrogen-bond acceptors (Lipinski definition) is 4. The van der Waals surface area contributed by atoms with Crippen LogP contribution in [0.25, 0.3) is 0 Å². The first-order valence-electron chi connectivity index (χ1n) is 10.2. The van der Waals surface area contributed by atoms with Crippen LogP contribution in [0.3, 0.4) is 0 Å². The van der Waals surface area contributed by atoms with E-state index in [1.54, 1.807) is 7.11 Å². The van der Waals surface area contributed by atoms with E-state index in [1.165, 1.54) is 11.1 Å². The van der Waals surface area contributed by atoms with Gasteiger partial charge in [-0.25, -0.2) is 0 Å². The summed E-state index contributed by atoms with van der Waals surface area (Å²) in [6, 6.07) is 14.4. The molecule has 2 aromatic rings. The molecule has 3 rings (SSSR count). The number of anilines is 1. The van der Waals surface area contributed by atoms with Crippen molar-refractivity contribution in [3.63, 3.8) is 0 Å². The summed E-state index contributed by atoms with van der Waals surface area (Å²) < 4.78 is 5.55. The van der Waals surface area contributed by atoms with Gasteiger partial charge in [0.25, 0.3) is 0 Å². The molecule has 2 N–H and O–H groups in total. The molecule has 150 valence electrons. The summed E-state index contributed by atoms with van der Waals surface area (Å²) in [4.78, 5) is 15.2. The Morgan fingerprint density at radius 2 is 1.86 bits per heavy atom. The minimum absolute atomic E-state index is 0.0393. The second-order valence-corrected chi connectivity index (χ2v) is 7.14. The van der Waals surface area contributed by atoms with E-state index in [9.17, 15) is 4.79 Å². The van der Waals surface area contributed by atoms with Gasteiger partial charge in [-0.3, -0.25) is 9.69 Å². The highest BCUT2D eigenvalue weighted by atomic mass is 16.5. The van der Waals surface area contributed by atoms with Crippen molar-refractivity contribution >= 4 is 11.6 Å². The van der Waals surface area contributed by atoms with Gasteiger partial charge in [0.15, 0.2) is 0 Å². The fraction of sp³-hybridized carbons (Fsp3) is 0.435. The van der Waals surface area contributed by atoms with Crippen molar-refractivity contribution in [2.75, 3.05) is 38.6 Å². The number of rotatable bonds is 7. The van der Waals surface area contributed by atoms with E-state index >= 15 is 0 Å². The van der Waals surface area contributed by atoms with Gasteiger partial charge < -0.3 is 15.4 Å². The van der Waals surface area contributed by atoms with E-state index in [4.69, 9.17) is 4.74 Å². The summed E-state index contributed by atoms with van der Waals surface area (Å²) in [5, 5.41) is 6.64. The SMILES string of the molecule is CCc1cccc(CC)c1NC(=O)CN1CCNCC1c1ccccc1OC. The van der Waals surface area contributed by atoms with E-state index in [0.717, 1.165) is 49.5 Å². The molecular formula is C23H31N3O2. The molecule has 1 atom stereocenters. The lowest BCUT2D eigenvalue weighted by molar-refractivity contribution is -0.118. The fourth-order valence-electron chi connectivity index (χ4n) is 3.95. The minimum Gasteiger partial charge on any atom is -0.496 e. The molecule has 1 aliphatic rings. The third-order valence-corrected chi connectivity index (χ3v) is 5.46. The number of piperazine rings is 1. The lowest BCUT2D eigenvalue weighted by Crippen LogP contribution is -2.48. The van der Waals surface area contributed by atoms with Crippen molar-refractivity contribution in [2.45, 2.75) is 32.7 Å². The Morgan fingerprint density at radius 1 is 1.14 bits per heavy atom. The molecule has 1 aliphatic heterocycles. The highest BCUT2D eigenvalue weighted by molar-refractivity contribution is 5.94. The average Bonchev–Trinajstić information content (AvgIpc) is 2.74. The third kappa shape index (κ3) is 4.54. The maximum atomic E-state index is 12.9. The minimum atomic E-state index is 0.0393. The van der Waals surface area contributed by atoms with Crippen molar-refractivity contribution < 1.29 is 9.53 Å². The van der Waals surface area contributed by atoms with Crippen LogP contribution < -0.4 is 15.4 Å². The molecule has 2 aromatic carbocycles. The number of benzene rings is 2. The Hall–Kier alpha value is -2.37. The van der Waals surface area contributed by atoms with Gasteiger partial charge in [0.05, 0.1) is 19.7 Å². The number of nitrogens with zero attached hydrogens (tertiary/aromatic N) is 1. The summed E-state index contributed by atoms with van der Waals surface area (Å²) in [7, 11) is 1.69. The Morgan fingerprint density at radius 3 is 2.54 bits per heavy atom. The van der Waals surface area contributed by atoms with Crippen LogP contribution in [0.2, 0.25) is 0 Å². The van der Waals surface area contributed by atoms with Crippen LogP contribution in [-0.2, 0) is 17.6 Å². The largest absolute Gasteiger partial charge is 0.496 e. The first kappa shape index (κ1) is 20.4. The summed E-state index contributed by atoms with van der Waals surface area (Å²) in [5.74, 6) is 0.906. The standard InChI is InChI=1S/C23H31N3O2/c1-4-17-9-8-10-18(5-2)23(17)25-22(27)16-26-14-13-24-15-20(26)19-11-6-7-12-21(19)28-3/h6-12,20,24H,4-5,13-16H2,1-3H3,(H,25,27). The smallest absolute Gasteiger partial charge is 0.238 e. The van der Waals surface area contributed by atoms with Crippen molar-refractivity contribution in [1.29, 1.82) is 0 Å². The summed E-state index contributed by atoms with van der Waals surface area (Å²) in [5.41, 5.74) is 4.48. The van der Waals surface area contributed by atoms with Crippen LogP contribution in [0.1, 0.15) is 36.6 Å². The zero-order chi connectivity index (χ0) is 19.9. The van der Waals surface area contributed by atoms with Gasteiger partial charge in [0, 0.05) is 30.9 Å². The first-order chi connectivity index (χ1) is 13.7. The molecule has 1 heterocycles. The number of para-hydroxylation sites is 2. The van der Waals surface area contributed by atoms with Crippen molar-refractivity contribution in [2.24, 2.45) is 0 Å². The molecule has 1 unspecified atom stereocenters. The van der Waals surface area contributed by atoms with Gasteiger partial charge in [0.1, 0.15) is 5.75 Å². The Labute approximate surface area is 168 Å². The first-order valence-corrected chi connectivity index (χ1v) is 10.2. The quantitative estimate of drug-likeness (QED) is 0.772. The van der Waals surface area contributed by atoms with Crippen LogP contribution in [0.4, 0.5) is 5.69 Å². The van der Waals surface area contributed by atoms with Crippen molar-refractivity contribution in [3.05, 3.63) is 59.2 Å². The zero-order valence-electron chi connectivity index (χ0n) is 17.1. The number of ether oxygens (including phenoxy) is 1. The lowest BCUT2D eigenvalue weighted by Gasteiger charge is -2.36. The molecular weight excluding hydrogens is 350 g/mol. The maximum absolute atomic E-state index is 12.9. The second-order valence-electron chi connectivity index (χ2n) is 7.14. The molecule has 1 fully saturated rings. The molecule has 0 aliphatic carbocycles. The second kappa shape index (κ2) is 9.71. The number of aryl methyl sites for hydroxylation is 2. The molecule has 5 nitrogen and oxygen atoms in total. The molecule has 5 heteroatoms. The van der Waals surface area contributed by atoms with Crippen LogP contribution in [0.5, 0.6) is 5.75 Å². The van der Waals surface area contributed by atoms with Gasteiger partial charge in [-0.05, 0) is 30.0 Å². The molecule has 1 amide bonds. The van der Waals surface area contributed by atoms with Crippen LogP contribution in [-0.4, -0.2) is 44.1 Å². The predicted molar refractivity (Wildman–Crippen MR) is 114 cm³/mol. The molecule has 28 heavy (non-hydrogen) atoms. The van der Waals surface area contributed by atoms with Gasteiger partial charge in [-0.1, -0.05) is 50.2 Å². The monoisotopic (exact) mass is 381 g/mol. The summed E-state index contributed by atoms with van der Waals surface area (Å²) >= 11 is 0. The highest BCUT2D eigenvalue weighted by Gasteiger charge is 2.27. The molecule has 0 spiro atoms. The number of carbonyl (C=O) groups is 1. The number of amides is 1. The molecule has 0 bridgehead atoms. The van der Waals surface area contributed by atoms with Crippen LogP contribution in [0, 0.1) is 0 Å². The van der Waals surface area contributed by atoms with Crippen LogP contribution in [0.15, 0.2) is 42.5 Å². The molecule has 1 saturated heterocycles. The summed E-state index contributed by atoms with van der Waals surface area (Å²) in [6.45, 7) is 7.12. The van der Waals surface area contributed by atoms with E-state index in [1.807, 2.05) is 18.2 Å². The van der Waals surface area contributed by atoms with Gasteiger partial charge in [0.2, 0.25) is 5.91 Å². The Kier molecular flexibility index (Phi) is 7.06. The molecule has 0 radical (unpaired) electrons. The number of methoxy groups -OCH3 is 1. The topological polar surface area (TPSA) is 53.6 Å². The van der Waals surface area contributed by atoms with Crippen molar-refractivity contribution in [1.82, 2.24) is 10.2 Å².